The lowest BCUT2D eigenvalue weighted by Gasteiger charge is -2.26. The Morgan fingerprint density at radius 1 is 1.29 bits per heavy atom. The summed E-state index contributed by atoms with van der Waals surface area (Å²) in [4.78, 5) is 16.4. The van der Waals surface area contributed by atoms with Gasteiger partial charge in [0.2, 0.25) is 0 Å². The number of nitro groups is 1. The smallest absolute Gasteiger partial charge is 0.287 e. The van der Waals surface area contributed by atoms with Crippen LogP contribution in [0.25, 0.3) is 0 Å². The maximum atomic E-state index is 10.5. The van der Waals surface area contributed by atoms with Crippen LogP contribution in [0.5, 0.6) is 0 Å². The number of hydrogen-bond acceptors (Lipinski definition) is 7. The Morgan fingerprint density at radius 3 is 2.76 bits per heavy atom. The molecule has 1 aromatic heterocycles. The van der Waals surface area contributed by atoms with Crippen molar-refractivity contribution in [2.45, 2.75) is 0 Å². The zero-order valence-corrected chi connectivity index (χ0v) is 12.0. The second-order valence-corrected chi connectivity index (χ2v) is 4.79. The maximum Gasteiger partial charge on any atom is 0.287 e. The predicted molar refractivity (Wildman–Crippen MR) is 79.5 cm³/mol. The molecule has 1 aliphatic rings. The molecule has 0 radical (unpaired) electrons. The van der Waals surface area contributed by atoms with E-state index in [1.54, 1.807) is 6.07 Å². The molecule has 116 valence electrons. The Hall–Kier alpha value is -1.77. The lowest BCUT2D eigenvalue weighted by Crippen LogP contribution is -2.40. The predicted octanol–water partition coefficient (Wildman–Crippen LogP) is 0.323. The first-order chi connectivity index (χ1) is 10.3. The largest absolute Gasteiger partial charge is 0.379 e. The normalized spacial score (nSPS) is 15.8. The van der Waals surface area contributed by atoms with E-state index in [4.69, 9.17) is 4.74 Å². The van der Waals surface area contributed by atoms with Crippen molar-refractivity contribution < 1.29 is 9.66 Å². The minimum atomic E-state index is -0.454. The zero-order valence-electron chi connectivity index (χ0n) is 12.0. The first-order valence-corrected chi connectivity index (χ1v) is 7.11. The summed E-state index contributed by atoms with van der Waals surface area (Å²) in [6.07, 6.45) is 1.26. The van der Waals surface area contributed by atoms with Crippen LogP contribution in [0.15, 0.2) is 18.3 Å². The minimum absolute atomic E-state index is 0.00388. The van der Waals surface area contributed by atoms with Crippen LogP contribution in [0.4, 0.5) is 11.5 Å². The highest BCUT2D eigenvalue weighted by molar-refractivity contribution is 5.39. The Labute approximate surface area is 123 Å². The summed E-state index contributed by atoms with van der Waals surface area (Å²) in [5.41, 5.74) is 0.00388. The summed E-state index contributed by atoms with van der Waals surface area (Å²) < 4.78 is 5.30. The Bertz CT molecular complexity index is 434. The van der Waals surface area contributed by atoms with Crippen molar-refractivity contribution in [1.29, 1.82) is 0 Å². The van der Waals surface area contributed by atoms with Crippen molar-refractivity contribution in [3.05, 3.63) is 28.4 Å². The number of nitrogens with zero attached hydrogens (tertiary/aromatic N) is 3. The molecule has 1 aromatic rings. The van der Waals surface area contributed by atoms with Crippen LogP contribution < -0.4 is 10.6 Å². The van der Waals surface area contributed by atoms with E-state index in [2.05, 4.69) is 20.5 Å². The van der Waals surface area contributed by atoms with Gasteiger partial charge in [-0.2, -0.15) is 0 Å². The van der Waals surface area contributed by atoms with Crippen molar-refractivity contribution in [3.8, 4) is 0 Å². The van der Waals surface area contributed by atoms with Gasteiger partial charge in [0.25, 0.3) is 5.69 Å². The molecule has 1 aliphatic heterocycles. The molecular formula is C13H21N5O3. The number of aromatic nitrogens is 1. The third kappa shape index (κ3) is 5.62. The van der Waals surface area contributed by atoms with Crippen LogP contribution in [-0.4, -0.2) is 67.3 Å². The minimum Gasteiger partial charge on any atom is -0.379 e. The van der Waals surface area contributed by atoms with Gasteiger partial charge in [0.05, 0.1) is 18.1 Å². The highest BCUT2D eigenvalue weighted by Crippen LogP contribution is 2.11. The fourth-order valence-corrected chi connectivity index (χ4v) is 2.06. The van der Waals surface area contributed by atoms with E-state index in [9.17, 15) is 10.1 Å². The molecular weight excluding hydrogens is 274 g/mol. The van der Waals surface area contributed by atoms with E-state index < -0.39 is 4.92 Å². The van der Waals surface area contributed by atoms with Gasteiger partial charge in [-0.05, 0) is 6.07 Å². The molecule has 0 spiro atoms. The standard InChI is InChI=1S/C13H21N5O3/c19-18(20)12-1-2-13(16-11-12)15-4-3-14-5-6-17-7-9-21-10-8-17/h1-2,11,14H,3-10H2,(H,15,16). The van der Waals surface area contributed by atoms with E-state index in [1.807, 2.05) is 0 Å². The fourth-order valence-electron chi connectivity index (χ4n) is 2.06. The number of rotatable bonds is 8. The Balaban J connectivity index is 1.54. The lowest BCUT2D eigenvalue weighted by atomic mass is 10.4. The zero-order chi connectivity index (χ0) is 14.9. The first-order valence-electron chi connectivity index (χ1n) is 7.11. The maximum absolute atomic E-state index is 10.5. The molecule has 0 atom stereocenters. The number of ether oxygens (including phenoxy) is 1. The average molecular weight is 295 g/mol. The summed E-state index contributed by atoms with van der Waals surface area (Å²) in [6, 6.07) is 3.06. The van der Waals surface area contributed by atoms with Gasteiger partial charge in [-0.3, -0.25) is 15.0 Å². The molecule has 2 heterocycles. The second kappa shape index (κ2) is 8.50. The van der Waals surface area contributed by atoms with E-state index in [0.717, 1.165) is 52.5 Å². The Morgan fingerprint density at radius 2 is 2.10 bits per heavy atom. The van der Waals surface area contributed by atoms with Crippen molar-refractivity contribution in [2.24, 2.45) is 0 Å². The van der Waals surface area contributed by atoms with Crippen molar-refractivity contribution in [1.82, 2.24) is 15.2 Å². The molecule has 0 amide bonds. The molecule has 0 saturated carbocycles. The van der Waals surface area contributed by atoms with Crippen LogP contribution in [0.1, 0.15) is 0 Å². The van der Waals surface area contributed by atoms with Crippen LogP contribution in [0.3, 0.4) is 0 Å². The summed E-state index contributed by atoms with van der Waals surface area (Å²) in [5.74, 6) is 0.649. The van der Waals surface area contributed by atoms with Gasteiger partial charge >= 0.3 is 0 Å². The van der Waals surface area contributed by atoms with Gasteiger partial charge in [-0.1, -0.05) is 0 Å². The third-order valence-electron chi connectivity index (χ3n) is 3.28. The van der Waals surface area contributed by atoms with Gasteiger partial charge in [-0.15, -0.1) is 0 Å². The molecule has 8 nitrogen and oxygen atoms in total. The molecule has 2 rings (SSSR count). The highest BCUT2D eigenvalue weighted by Gasteiger charge is 2.08. The molecule has 0 aliphatic carbocycles. The topological polar surface area (TPSA) is 92.6 Å². The molecule has 8 heteroatoms. The highest BCUT2D eigenvalue weighted by atomic mass is 16.6. The molecule has 0 bridgehead atoms. The molecule has 1 fully saturated rings. The van der Waals surface area contributed by atoms with Crippen molar-refractivity contribution in [2.75, 3.05) is 57.8 Å². The summed E-state index contributed by atoms with van der Waals surface area (Å²) >= 11 is 0. The molecule has 21 heavy (non-hydrogen) atoms. The average Bonchev–Trinajstić information content (AvgIpc) is 2.52. The summed E-state index contributed by atoms with van der Waals surface area (Å²) in [7, 11) is 0. The number of anilines is 1. The first kappa shape index (κ1) is 15.6. The van der Waals surface area contributed by atoms with E-state index >= 15 is 0 Å². The second-order valence-electron chi connectivity index (χ2n) is 4.79. The molecule has 0 unspecified atom stereocenters. The third-order valence-corrected chi connectivity index (χ3v) is 3.28. The van der Waals surface area contributed by atoms with Gasteiger partial charge < -0.3 is 15.4 Å². The van der Waals surface area contributed by atoms with Gasteiger partial charge in [0.15, 0.2) is 0 Å². The molecule has 1 saturated heterocycles. The van der Waals surface area contributed by atoms with Crippen LogP contribution in [0.2, 0.25) is 0 Å². The van der Waals surface area contributed by atoms with Crippen molar-refractivity contribution in [3.63, 3.8) is 0 Å². The van der Waals surface area contributed by atoms with Gasteiger partial charge in [-0.25, -0.2) is 4.98 Å². The Kier molecular flexibility index (Phi) is 6.32. The van der Waals surface area contributed by atoms with Crippen LogP contribution in [0, 0.1) is 10.1 Å². The van der Waals surface area contributed by atoms with Crippen LogP contribution in [-0.2, 0) is 4.74 Å². The van der Waals surface area contributed by atoms with E-state index in [1.165, 1.54) is 12.3 Å². The number of pyridine rings is 1. The fraction of sp³-hybridized carbons (Fsp3) is 0.615. The monoisotopic (exact) mass is 295 g/mol. The number of hydrogen-bond donors (Lipinski definition) is 2. The quantitative estimate of drug-likeness (QED) is 0.405. The van der Waals surface area contributed by atoms with Crippen LogP contribution >= 0.6 is 0 Å². The molecule has 0 aromatic carbocycles. The number of morpholine rings is 1. The summed E-state index contributed by atoms with van der Waals surface area (Å²) in [5, 5.41) is 17.0. The molecule has 2 N–H and O–H groups in total. The summed E-state index contributed by atoms with van der Waals surface area (Å²) in [6.45, 7) is 7.19. The van der Waals surface area contributed by atoms with E-state index in [-0.39, 0.29) is 5.69 Å². The van der Waals surface area contributed by atoms with E-state index in [0.29, 0.717) is 5.82 Å². The van der Waals surface area contributed by atoms with Gasteiger partial charge in [0, 0.05) is 45.3 Å². The SMILES string of the molecule is O=[N+]([O-])c1ccc(NCCNCCN2CCOCC2)nc1. The van der Waals surface area contributed by atoms with Crippen molar-refractivity contribution >= 4 is 11.5 Å². The number of nitrogens with one attached hydrogen (secondary N) is 2. The van der Waals surface area contributed by atoms with Gasteiger partial charge in [0.1, 0.15) is 12.0 Å². The lowest BCUT2D eigenvalue weighted by molar-refractivity contribution is -0.385.